The van der Waals surface area contributed by atoms with Crippen molar-refractivity contribution in [3.05, 3.63) is 33.9 Å². The van der Waals surface area contributed by atoms with Gasteiger partial charge in [0.2, 0.25) is 5.91 Å². The molecule has 0 aliphatic rings. The average Bonchev–Trinajstić information content (AvgIpc) is 2.37. The van der Waals surface area contributed by atoms with Crippen LogP contribution < -0.4 is 11.1 Å². The summed E-state index contributed by atoms with van der Waals surface area (Å²) in [6, 6.07) is 3.71. The quantitative estimate of drug-likeness (QED) is 0.527. The van der Waals surface area contributed by atoms with E-state index in [-0.39, 0.29) is 35.5 Å². The zero-order chi connectivity index (χ0) is 14.6. The minimum atomic E-state index is -0.652. The highest BCUT2D eigenvalue weighted by molar-refractivity contribution is 5.94. The van der Waals surface area contributed by atoms with Crippen molar-refractivity contribution in [3.8, 4) is 0 Å². The van der Waals surface area contributed by atoms with Crippen LogP contribution in [-0.2, 0) is 0 Å². The number of nitrogens with zero attached hydrogens (tertiary/aromatic N) is 1. The molecule has 0 radical (unpaired) electrons. The lowest BCUT2D eigenvalue weighted by Crippen LogP contribution is -2.26. The summed E-state index contributed by atoms with van der Waals surface area (Å²) in [6.07, 6.45) is 0. The first-order chi connectivity index (χ1) is 8.86. The number of aliphatic hydroxyl groups excluding tert-OH is 1. The Hall–Kier alpha value is -2.15. The summed E-state index contributed by atoms with van der Waals surface area (Å²) in [7, 11) is 0. The lowest BCUT2D eigenvalue weighted by molar-refractivity contribution is -0.384. The minimum Gasteiger partial charge on any atom is -0.396 e. The van der Waals surface area contributed by atoms with Crippen molar-refractivity contribution in [1.29, 1.82) is 0 Å². The first-order valence-electron chi connectivity index (χ1n) is 5.82. The molecule has 1 aromatic carbocycles. The van der Waals surface area contributed by atoms with Gasteiger partial charge in [-0.3, -0.25) is 14.9 Å². The fourth-order valence-corrected chi connectivity index (χ4v) is 1.51. The van der Waals surface area contributed by atoms with Crippen molar-refractivity contribution in [2.75, 3.05) is 11.9 Å². The number of carbonyl (C=O) groups excluding carboxylic acids is 1. The standard InChI is InChI=1S/C12H17N3O4/c1-7(6-16)8(2)14-10-5-9(12(13)17)3-4-11(10)15(18)19/h3-5,7-8,14,16H,6H2,1-2H3,(H2,13,17). The van der Waals surface area contributed by atoms with Crippen LogP contribution in [0.3, 0.4) is 0 Å². The van der Waals surface area contributed by atoms with Gasteiger partial charge < -0.3 is 16.2 Å². The van der Waals surface area contributed by atoms with E-state index in [2.05, 4.69) is 5.32 Å². The lowest BCUT2D eigenvalue weighted by atomic mass is 10.0. The van der Waals surface area contributed by atoms with Crippen molar-refractivity contribution < 1.29 is 14.8 Å². The molecule has 2 unspecified atom stereocenters. The summed E-state index contributed by atoms with van der Waals surface area (Å²) in [6.45, 7) is 3.56. The second-order valence-corrected chi connectivity index (χ2v) is 4.45. The molecule has 0 aliphatic heterocycles. The van der Waals surface area contributed by atoms with E-state index in [0.717, 1.165) is 0 Å². The van der Waals surface area contributed by atoms with Crippen LogP contribution >= 0.6 is 0 Å². The van der Waals surface area contributed by atoms with Gasteiger partial charge in [-0.2, -0.15) is 0 Å². The zero-order valence-electron chi connectivity index (χ0n) is 10.8. The normalized spacial score (nSPS) is 13.6. The maximum absolute atomic E-state index is 11.1. The van der Waals surface area contributed by atoms with Crippen LogP contribution in [0.1, 0.15) is 24.2 Å². The molecule has 104 valence electrons. The number of rotatable bonds is 6. The summed E-state index contributed by atoms with van der Waals surface area (Å²) in [5.74, 6) is -0.738. The molecule has 7 heteroatoms. The molecule has 0 bridgehead atoms. The van der Waals surface area contributed by atoms with Crippen molar-refractivity contribution in [2.45, 2.75) is 19.9 Å². The molecule has 2 atom stereocenters. The number of carbonyl (C=O) groups is 1. The molecule has 1 aromatic rings. The van der Waals surface area contributed by atoms with E-state index in [9.17, 15) is 14.9 Å². The molecule has 0 fully saturated rings. The minimum absolute atomic E-state index is 0.0442. The molecule has 0 heterocycles. The summed E-state index contributed by atoms with van der Waals surface area (Å²) >= 11 is 0. The van der Waals surface area contributed by atoms with E-state index in [0.29, 0.717) is 0 Å². The Balaban J connectivity index is 3.11. The number of hydrogen-bond acceptors (Lipinski definition) is 5. The van der Waals surface area contributed by atoms with E-state index < -0.39 is 10.8 Å². The highest BCUT2D eigenvalue weighted by Crippen LogP contribution is 2.27. The van der Waals surface area contributed by atoms with Gasteiger partial charge in [-0.15, -0.1) is 0 Å². The molecular weight excluding hydrogens is 250 g/mol. The zero-order valence-corrected chi connectivity index (χ0v) is 10.8. The first kappa shape index (κ1) is 14.9. The third-order valence-electron chi connectivity index (χ3n) is 3.00. The number of amides is 1. The maximum atomic E-state index is 11.1. The van der Waals surface area contributed by atoms with Gasteiger partial charge in [0, 0.05) is 24.3 Å². The molecule has 0 spiro atoms. The number of nitro groups is 1. The van der Waals surface area contributed by atoms with Gasteiger partial charge in [-0.1, -0.05) is 6.92 Å². The van der Waals surface area contributed by atoms with Crippen LogP contribution in [0.25, 0.3) is 0 Å². The Labute approximate surface area is 110 Å². The largest absolute Gasteiger partial charge is 0.396 e. The van der Waals surface area contributed by atoms with Crippen LogP contribution in [-0.4, -0.2) is 28.6 Å². The van der Waals surface area contributed by atoms with Crippen molar-refractivity contribution in [2.24, 2.45) is 11.7 Å². The summed E-state index contributed by atoms with van der Waals surface area (Å²) < 4.78 is 0. The number of anilines is 1. The number of benzene rings is 1. The third-order valence-corrected chi connectivity index (χ3v) is 3.00. The highest BCUT2D eigenvalue weighted by Gasteiger charge is 2.19. The van der Waals surface area contributed by atoms with Gasteiger partial charge in [-0.25, -0.2) is 0 Å². The first-order valence-corrected chi connectivity index (χ1v) is 5.82. The van der Waals surface area contributed by atoms with E-state index in [4.69, 9.17) is 10.8 Å². The van der Waals surface area contributed by atoms with Gasteiger partial charge >= 0.3 is 0 Å². The topological polar surface area (TPSA) is 118 Å². The predicted octanol–water partition coefficient (Wildman–Crippen LogP) is 1.12. The van der Waals surface area contributed by atoms with E-state index in [1.54, 1.807) is 13.8 Å². The van der Waals surface area contributed by atoms with Gasteiger partial charge in [0.25, 0.3) is 5.69 Å². The third kappa shape index (κ3) is 3.65. The van der Waals surface area contributed by atoms with E-state index in [1.165, 1.54) is 18.2 Å². The number of primary amides is 1. The Kier molecular flexibility index (Phi) is 4.82. The highest BCUT2D eigenvalue weighted by atomic mass is 16.6. The van der Waals surface area contributed by atoms with Crippen molar-refractivity contribution in [1.82, 2.24) is 0 Å². The Morgan fingerprint density at radius 3 is 2.63 bits per heavy atom. The number of nitro benzene ring substituents is 1. The Morgan fingerprint density at radius 2 is 2.16 bits per heavy atom. The molecule has 0 saturated carbocycles. The van der Waals surface area contributed by atoms with Gasteiger partial charge in [0.1, 0.15) is 5.69 Å². The number of hydrogen-bond donors (Lipinski definition) is 3. The lowest BCUT2D eigenvalue weighted by Gasteiger charge is -2.20. The number of nitrogens with one attached hydrogen (secondary N) is 1. The molecule has 1 amide bonds. The molecule has 19 heavy (non-hydrogen) atoms. The predicted molar refractivity (Wildman–Crippen MR) is 70.9 cm³/mol. The van der Waals surface area contributed by atoms with Crippen LogP contribution in [0.15, 0.2) is 18.2 Å². The van der Waals surface area contributed by atoms with Crippen LogP contribution in [0.2, 0.25) is 0 Å². The second kappa shape index (κ2) is 6.14. The summed E-state index contributed by atoms with van der Waals surface area (Å²) in [5, 5.41) is 22.9. The fraction of sp³-hybridized carbons (Fsp3) is 0.417. The maximum Gasteiger partial charge on any atom is 0.292 e. The van der Waals surface area contributed by atoms with E-state index in [1.807, 2.05) is 0 Å². The van der Waals surface area contributed by atoms with Crippen molar-refractivity contribution >= 4 is 17.3 Å². The second-order valence-electron chi connectivity index (χ2n) is 4.45. The molecule has 1 rings (SSSR count). The fourth-order valence-electron chi connectivity index (χ4n) is 1.51. The van der Waals surface area contributed by atoms with E-state index >= 15 is 0 Å². The van der Waals surface area contributed by atoms with Crippen LogP contribution in [0, 0.1) is 16.0 Å². The van der Waals surface area contributed by atoms with Gasteiger partial charge in [0.15, 0.2) is 0 Å². The monoisotopic (exact) mass is 267 g/mol. The molecule has 4 N–H and O–H groups in total. The smallest absolute Gasteiger partial charge is 0.292 e. The van der Waals surface area contributed by atoms with Gasteiger partial charge in [-0.05, 0) is 25.0 Å². The Morgan fingerprint density at radius 1 is 1.53 bits per heavy atom. The van der Waals surface area contributed by atoms with Gasteiger partial charge in [0.05, 0.1) is 4.92 Å². The number of aliphatic hydroxyl groups is 1. The van der Waals surface area contributed by atoms with Crippen molar-refractivity contribution in [3.63, 3.8) is 0 Å². The molecule has 0 aromatic heterocycles. The average molecular weight is 267 g/mol. The molecule has 0 saturated heterocycles. The molecule has 7 nitrogen and oxygen atoms in total. The summed E-state index contributed by atoms with van der Waals surface area (Å²) in [5.41, 5.74) is 5.42. The van der Waals surface area contributed by atoms with Crippen LogP contribution in [0.5, 0.6) is 0 Å². The number of nitrogens with two attached hydrogens (primary N) is 1. The molecule has 0 aliphatic carbocycles. The molecular formula is C12H17N3O4. The SMILES string of the molecule is CC(CO)C(C)Nc1cc(C(N)=O)ccc1[N+](=O)[O-]. The van der Waals surface area contributed by atoms with Crippen LogP contribution in [0.4, 0.5) is 11.4 Å². The Bertz CT molecular complexity index is 490. The summed E-state index contributed by atoms with van der Waals surface area (Å²) in [4.78, 5) is 21.5.